The number of nitrogens with one attached hydrogen (secondary N) is 1. The van der Waals surface area contributed by atoms with Crippen molar-refractivity contribution in [1.29, 1.82) is 0 Å². The van der Waals surface area contributed by atoms with Gasteiger partial charge < -0.3 is 20.7 Å². The maximum absolute atomic E-state index is 12.4. The van der Waals surface area contributed by atoms with Crippen LogP contribution in [0.15, 0.2) is 53.0 Å². The summed E-state index contributed by atoms with van der Waals surface area (Å²) in [6.07, 6.45) is -0.781. The van der Waals surface area contributed by atoms with Gasteiger partial charge in [0.1, 0.15) is 5.75 Å². The summed E-state index contributed by atoms with van der Waals surface area (Å²) in [5.41, 5.74) is 6.82. The zero-order valence-corrected chi connectivity index (χ0v) is 14.3. The molecule has 1 aliphatic rings. The topological polar surface area (TPSA) is 84.7 Å². The van der Waals surface area contributed by atoms with Gasteiger partial charge in [-0.1, -0.05) is 24.3 Å². The fourth-order valence-electron chi connectivity index (χ4n) is 2.53. The van der Waals surface area contributed by atoms with Gasteiger partial charge in [0.25, 0.3) is 5.91 Å². The molecule has 6 nitrogen and oxygen atoms in total. The number of amides is 2. The molecule has 1 heterocycles. The summed E-state index contributed by atoms with van der Waals surface area (Å²) >= 11 is 3.39. The highest BCUT2D eigenvalue weighted by molar-refractivity contribution is 9.10. The monoisotopic (exact) mass is 389 g/mol. The van der Waals surface area contributed by atoms with Crippen LogP contribution in [0.5, 0.6) is 5.75 Å². The van der Waals surface area contributed by atoms with E-state index in [0.29, 0.717) is 11.4 Å². The molecule has 0 spiro atoms. The van der Waals surface area contributed by atoms with Gasteiger partial charge in [-0.2, -0.15) is 0 Å². The number of benzene rings is 2. The Kier molecular flexibility index (Phi) is 4.71. The number of hydrogen-bond donors (Lipinski definition) is 2. The Morgan fingerprint density at radius 1 is 1.21 bits per heavy atom. The van der Waals surface area contributed by atoms with Crippen LogP contribution in [0.25, 0.3) is 0 Å². The second kappa shape index (κ2) is 6.92. The molecule has 2 aromatic carbocycles. The number of anilines is 2. The lowest BCUT2D eigenvalue weighted by molar-refractivity contribution is -0.125. The SMILES string of the molecule is NC(=O)C1CN(CC(=O)Nc2ccccc2Br)c2ccccc2O1. The maximum Gasteiger partial charge on any atom is 0.260 e. The minimum absolute atomic E-state index is 0.0888. The molecule has 0 fully saturated rings. The van der Waals surface area contributed by atoms with Crippen molar-refractivity contribution < 1.29 is 14.3 Å². The van der Waals surface area contributed by atoms with Crippen LogP contribution in [0, 0.1) is 0 Å². The average molecular weight is 390 g/mol. The number of fused-ring (bicyclic) bond motifs is 1. The van der Waals surface area contributed by atoms with Gasteiger partial charge >= 0.3 is 0 Å². The normalized spacial score (nSPS) is 16.0. The predicted octanol–water partition coefficient (Wildman–Crippen LogP) is 2.14. The molecule has 0 bridgehead atoms. The Labute approximate surface area is 147 Å². The number of nitrogens with zero attached hydrogens (tertiary/aromatic N) is 1. The number of ether oxygens (including phenoxy) is 1. The highest BCUT2D eigenvalue weighted by atomic mass is 79.9. The van der Waals surface area contributed by atoms with E-state index in [1.54, 1.807) is 11.0 Å². The van der Waals surface area contributed by atoms with E-state index in [4.69, 9.17) is 10.5 Å². The molecule has 0 radical (unpaired) electrons. The van der Waals surface area contributed by atoms with Crippen molar-refractivity contribution in [3.8, 4) is 5.75 Å². The summed E-state index contributed by atoms with van der Waals surface area (Å²) in [6.45, 7) is 0.321. The Bertz CT molecular complexity index is 781. The summed E-state index contributed by atoms with van der Waals surface area (Å²) < 4.78 is 6.39. The van der Waals surface area contributed by atoms with Gasteiger partial charge in [-0.15, -0.1) is 0 Å². The quantitative estimate of drug-likeness (QED) is 0.838. The van der Waals surface area contributed by atoms with E-state index in [-0.39, 0.29) is 19.0 Å². The zero-order chi connectivity index (χ0) is 17.1. The van der Waals surface area contributed by atoms with Gasteiger partial charge in [-0.3, -0.25) is 9.59 Å². The van der Waals surface area contributed by atoms with Crippen molar-refractivity contribution in [2.24, 2.45) is 5.73 Å². The minimum Gasteiger partial charge on any atom is -0.477 e. The molecule has 1 unspecified atom stereocenters. The van der Waals surface area contributed by atoms with E-state index in [1.807, 2.05) is 42.5 Å². The van der Waals surface area contributed by atoms with Gasteiger partial charge in [-0.05, 0) is 40.2 Å². The molecule has 1 atom stereocenters. The Hall–Kier alpha value is -2.54. The first-order valence-corrected chi connectivity index (χ1v) is 8.18. The Morgan fingerprint density at radius 3 is 2.67 bits per heavy atom. The zero-order valence-electron chi connectivity index (χ0n) is 12.7. The molecule has 0 aliphatic carbocycles. The van der Waals surface area contributed by atoms with Crippen molar-refractivity contribution in [2.75, 3.05) is 23.3 Å². The number of primary amides is 1. The molecule has 1 aliphatic heterocycles. The smallest absolute Gasteiger partial charge is 0.260 e. The van der Waals surface area contributed by atoms with Gasteiger partial charge in [-0.25, -0.2) is 0 Å². The van der Waals surface area contributed by atoms with Crippen LogP contribution in [0.1, 0.15) is 0 Å². The largest absolute Gasteiger partial charge is 0.477 e. The Balaban J connectivity index is 1.77. The molecule has 0 saturated carbocycles. The van der Waals surface area contributed by atoms with Crippen molar-refractivity contribution in [1.82, 2.24) is 0 Å². The lowest BCUT2D eigenvalue weighted by Gasteiger charge is -2.34. The summed E-state index contributed by atoms with van der Waals surface area (Å²) in [5.74, 6) is -0.205. The minimum atomic E-state index is -0.781. The third-order valence-corrected chi connectivity index (χ3v) is 4.35. The first-order chi connectivity index (χ1) is 11.5. The number of halogens is 1. The molecular formula is C17H16BrN3O3. The van der Waals surface area contributed by atoms with Crippen LogP contribution < -0.4 is 20.7 Å². The van der Waals surface area contributed by atoms with Crippen molar-refractivity contribution in [3.05, 3.63) is 53.0 Å². The average Bonchev–Trinajstić information content (AvgIpc) is 2.56. The highest BCUT2D eigenvalue weighted by Gasteiger charge is 2.30. The van der Waals surface area contributed by atoms with E-state index in [1.165, 1.54) is 0 Å². The van der Waals surface area contributed by atoms with E-state index < -0.39 is 12.0 Å². The molecule has 7 heteroatoms. The van der Waals surface area contributed by atoms with Crippen molar-refractivity contribution in [3.63, 3.8) is 0 Å². The number of rotatable bonds is 4. The third-order valence-electron chi connectivity index (χ3n) is 3.66. The van der Waals surface area contributed by atoms with Crippen molar-refractivity contribution in [2.45, 2.75) is 6.10 Å². The predicted molar refractivity (Wildman–Crippen MR) is 95.0 cm³/mol. The van der Waals surface area contributed by atoms with Gasteiger partial charge in [0.05, 0.1) is 24.5 Å². The van der Waals surface area contributed by atoms with Crippen LogP contribution in [0.2, 0.25) is 0 Å². The molecule has 3 N–H and O–H groups in total. The molecular weight excluding hydrogens is 374 g/mol. The number of nitrogens with two attached hydrogens (primary N) is 1. The number of hydrogen-bond acceptors (Lipinski definition) is 4. The molecule has 124 valence electrons. The van der Waals surface area contributed by atoms with Gasteiger partial charge in [0, 0.05) is 4.47 Å². The van der Waals surface area contributed by atoms with Crippen LogP contribution >= 0.6 is 15.9 Å². The van der Waals surface area contributed by atoms with Gasteiger partial charge in [0.2, 0.25) is 5.91 Å². The lowest BCUT2D eigenvalue weighted by atomic mass is 10.1. The molecule has 24 heavy (non-hydrogen) atoms. The molecule has 2 aromatic rings. The number of carbonyl (C=O) groups is 2. The van der Waals surface area contributed by atoms with E-state index in [2.05, 4.69) is 21.2 Å². The fourth-order valence-corrected chi connectivity index (χ4v) is 2.91. The standard InChI is InChI=1S/C17H16BrN3O3/c18-11-5-1-2-6-12(11)20-16(22)10-21-9-15(17(19)23)24-14-8-4-3-7-13(14)21/h1-8,15H,9-10H2,(H2,19,23)(H,20,22). The summed E-state index contributed by atoms with van der Waals surface area (Å²) in [5, 5.41) is 2.85. The van der Waals surface area contributed by atoms with E-state index in [9.17, 15) is 9.59 Å². The molecule has 0 saturated heterocycles. The second-order valence-corrected chi connectivity index (χ2v) is 6.24. The number of carbonyl (C=O) groups excluding carboxylic acids is 2. The van der Waals surface area contributed by atoms with Gasteiger partial charge in [0.15, 0.2) is 6.10 Å². The van der Waals surface area contributed by atoms with Crippen LogP contribution in [-0.4, -0.2) is 31.0 Å². The fraction of sp³-hybridized carbons (Fsp3) is 0.176. The molecule has 3 rings (SSSR count). The first-order valence-electron chi connectivity index (χ1n) is 7.39. The number of para-hydroxylation sites is 3. The summed E-state index contributed by atoms with van der Waals surface area (Å²) in [6, 6.07) is 14.6. The van der Waals surface area contributed by atoms with Crippen LogP contribution in [0.3, 0.4) is 0 Å². The van der Waals surface area contributed by atoms with E-state index >= 15 is 0 Å². The summed E-state index contributed by atoms with van der Waals surface area (Å²) in [7, 11) is 0. The lowest BCUT2D eigenvalue weighted by Crippen LogP contribution is -2.49. The Morgan fingerprint density at radius 2 is 1.92 bits per heavy atom. The summed E-state index contributed by atoms with van der Waals surface area (Å²) in [4.78, 5) is 25.7. The third kappa shape index (κ3) is 3.51. The van der Waals surface area contributed by atoms with Crippen LogP contribution in [0.4, 0.5) is 11.4 Å². The highest BCUT2D eigenvalue weighted by Crippen LogP contribution is 2.33. The first kappa shape index (κ1) is 16.3. The molecule has 0 aromatic heterocycles. The molecule has 2 amide bonds. The maximum atomic E-state index is 12.4. The van der Waals surface area contributed by atoms with Crippen LogP contribution in [-0.2, 0) is 9.59 Å². The second-order valence-electron chi connectivity index (χ2n) is 5.39. The van der Waals surface area contributed by atoms with Crippen molar-refractivity contribution >= 4 is 39.1 Å². The van der Waals surface area contributed by atoms with E-state index in [0.717, 1.165) is 10.2 Å².